The molecule has 8 heteroatoms. The van der Waals surface area contributed by atoms with Crippen LogP contribution in [0.15, 0.2) is 54.2 Å². The number of methoxy groups -OCH3 is 1. The minimum Gasteiger partial charge on any atom is -0.507 e. The van der Waals surface area contributed by atoms with Crippen molar-refractivity contribution in [1.29, 1.82) is 0 Å². The van der Waals surface area contributed by atoms with Crippen LogP contribution < -0.4 is 4.74 Å². The first kappa shape index (κ1) is 22.9. The predicted octanol–water partition coefficient (Wildman–Crippen LogP) is 4.68. The van der Waals surface area contributed by atoms with Crippen molar-refractivity contribution in [2.24, 2.45) is 0 Å². The lowest BCUT2D eigenvalue weighted by Gasteiger charge is -2.25. The zero-order chi connectivity index (χ0) is 23.7. The van der Waals surface area contributed by atoms with Crippen molar-refractivity contribution in [1.82, 2.24) is 9.88 Å². The number of carbonyl (C=O) groups is 2. The number of hydrogen-bond acceptors (Lipinski definition) is 5. The number of aromatic amines is 1. The fourth-order valence-electron chi connectivity index (χ4n) is 4.10. The van der Waals surface area contributed by atoms with Gasteiger partial charge in [0.05, 0.1) is 36.5 Å². The van der Waals surface area contributed by atoms with Crippen LogP contribution in [-0.4, -0.2) is 53.0 Å². The maximum atomic E-state index is 13.2. The number of nitrogens with one attached hydrogen (secondary N) is 1. The number of aromatic nitrogens is 1. The highest BCUT2D eigenvalue weighted by molar-refractivity contribution is 6.47. The summed E-state index contributed by atoms with van der Waals surface area (Å²) in [6.07, 6.45) is 1.74. The van der Waals surface area contributed by atoms with Crippen molar-refractivity contribution in [2.75, 3.05) is 20.3 Å². The number of hydrogen-bond donors (Lipinski definition) is 2. The lowest BCUT2D eigenvalue weighted by atomic mass is 9.95. The lowest BCUT2D eigenvalue weighted by Crippen LogP contribution is -2.33. The van der Waals surface area contributed by atoms with Gasteiger partial charge in [-0.05, 0) is 38.1 Å². The molecule has 1 aliphatic rings. The second-order valence-electron chi connectivity index (χ2n) is 8.05. The zero-order valence-electron chi connectivity index (χ0n) is 18.6. The molecule has 0 bridgehead atoms. The molecular weight excluding hydrogens is 444 g/mol. The molecule has 0 aliphatic carbocycles. The summed E-state index contributed by atoms with van der Waals surface area (Å²) in [6.45, 7) is 4.24. The maximum Gasteiger partial charge on any atom is 0.295 e. The van der Waals surface area contributed by atoms with Gasteiger partial charge in [-0.2, -0.15) is 0 Å². The number of carbonyl (C=O) groups excluding carboxylic acids is 2. The molecule has 0 spiro atoms. The Bertz CT molecular complexity index is 1250. The smallest absolute Gasteiger partial charge is 0.295 e. The summed E-state index contributed by atoms with van der Waals surface area (Å²) in [5.74, 6) is -1.35. The highest BCUT2D eigenvalue weighted by Crippen LogP contribution is 2.43. The van der Waals surface area contributed by atoms with Crippen LogP contribution in [0.1, 0.15) is 31.0 Å². The highest BCUT2D eigenvalue weighted by atomic mass is 35.5. The van der Waals surface area contributed by atoms with E-state index in [4.69, 9.17) is 21.1 Å². The van der Waals surface area contributed by atoms with Crippen molar-refractivity contribution in [3.05, 3.63) is 70.4 Å². The molecule has 33 heavy (non-hydrogen) atoms. The average molecular weight is 469 g/mol. The number of para-hydroxylation sites is 1. The first-order chi connectivity index (χ1) is 15.8. The molecule has 3 aromatic rings. The Hall–Kier alpha value is -3.29. The highest BCUT2D eigenvalue weighted by Gasteiger charge is 2.46. The molecule has 0 radical (unpaired) electrons. The number of benzene rings is 2. The molecule has 1 saturated heterocycles. The van der Waals surface area contributed by atoms with Gasteiger partial charge in [0.25, 0.3) is 11.7 Å². The first-order valence-corrected chi connectivity index (χ1v) is 11.0. The number of fused-ring (bicyclic) bond motifs is 1. The average Bonchev–Trinajstić information content (AvgIpc) is 3.33. The molecule has 0 saturated carbocycles. The number of ketones is 1. The van der Waals surface area contributed by atoms with Crippen molar-refractivity contribution in [2.45, 2.75) is 26.0 Å². The molecule has 1 amide bonds. The fraction of sp³-hybridized carbons (Fsp3) is 0.280. The number of H-pyrrole nitrogens is 1. The summed E-state index contributed by atoms with van der Waals surface area (Å²) < 4.78 is 10.9. The number of nitrogens with zero attached hydrogens (tertiary/aromatic N) is 1. The largest absolute Gasteiger partial charge is 0.507 e. The Labute approximate surface area is 196 Å². The van der Waals surface area contributed by atoms with E-state index < -0.39 is 17.7 Å². The van der Waals surface area contributed by atoms with Crippen molar-refractivity contribution in [3.8, 4) is 5.75 Å². The number of Topliss-reactive ketones (excluding diaryl/α,β-unsaturated/α-hetero) is 1. The first-order valence-electron chi connectivity index (χ1n) is 10.6. The minimum atomic E-state index is -0.806. The van der Waals surface area contributed by atoms with Gasteiger partial charge in [0.15, 0.2) is 0 Å². The van der Waals surface area contributed by atoms with E-state index in [0.29, 0.717) is 11.3 Å². The zero-order valence-corrected chi connectivity index (χ0v) is 19.3. The predicted molar refractivity (Wildman–Crippen MR) is 126 cm³/mol. The maximum absolute atomic E-state index is 13.2. The molecule has 1 atom stereocenters. The molecule has 2 N–H and O–H groups in total. The summed E-state index contributed by atoms with van der Waals surface area (Å²) in [5.41, 5.74) is 1.76. The molecule has 1 fully saturated rings. The van der Waals surface area contributed by atoms with Gasteiger partial charge in [0.1, 0.15) is 11.5 Å². The summed E-state index contributed by atoms with van der Waals surface area (Å²) in [4.78, 5) is 30.9. The molecule has 2 heterocycles. The number of likely N-dealkylation sites (tertiary alicyclic amines) is 1. The van der Waals surface area contributed by atoms with Crippen LogP contribution in [0.25, 0.3) is 16.7 Å². The monoisotopic (exact) mass is 468 g/mol. The van der Waals surface area contributed by atoms with Gasteiger partial charge in [-0.25, -0.2) is 0 Å². The fourth-order valence-corrected chi connectivity index (χ4v) is 4.31. The van der Waals surface area contributed by atoms with E-state index in [-0.39, 0.29) is 41.2 Å². The van der Waals surface area contributed by atoms with Gasteiger partial charge in [0.2, 0.25) is 0 Å². The number of amides is 1. The second kappa shape index (κ2) is 9.29. The molecule has 1 aromatic heterocycles. The summed E-state index contributed by atoms with van der Waals surface area (Å²) >= 11 is 6.35. The summed E-state index contributed by atoms with van der Waals surface area (Å²) in [6, 6.07) is 11.5. The Balaban J connectivity index is 1.89. The summed E-state index contributed by atoms with van der Waals surface area (Å²) in [5, 5.41) is 12.4. The van der Waals surface area contributed by atoms with Gasteiger partial charge < -0.3 is 24.5 Å². The Morgan fingerprint density at radius 1 is 1.21 bits per heavy atom. The van der Waals surface area contributed by atoms with Crippen LogP contribution in [0.2, 0.25) is 5.02 Å². The molecule has 7 nitrogen and oxygen atoms in total. The molecule has 172 valence electrons. The quantitative estimate of drug-likeness (QED) is 0.298. The van der Waals surface area contributed by atoms with E-state index in [1.54, 1.807) is 24.4 Å². The molecule has 1 unspecified atom stereocenters. The van der Waals surface area contributed by atoms with E-state index >= 15 is 0 Å². The van der Waals surface area contributed by atoms with E-state index in [9.17, 15) is 14.7 Å². The van der Waals surface area contributed by atoms with Crippen LogP contribution in [0, 0.1) is 0 Å². The van der Waals surface area contributed by atoms with Crippen molar-refractivity contribution >= 4 is 40.0 Å². The van der Waals surface area contributed by atoms with E-state index in [0.717, 1.165) is 10.9 Å². The molecule has 4 rings (SSSR count). The third kappa shape index (κ3) is 4.21. The minimum absolute atomic E-state index is 0.0237. The normalized spacial score (nSPS) is 18.0. The van der Waals surface area contributed by atoms with Crippen LogP contribution in [0.5, 0.6) is 5.75 Å². The van der Waals surface area contributed by atoms with Gasteiger partial charge in [0, 0.05) is 34.8 Å². The van der Waals surface area contributed by atoms with Crippen LogP contribution in [-0.2, 0) is 14.3 Å². The lowest BCUT2D eigenvalue weighted by molar-refractivity contribution is -0.140. The van der Waals surface area contributed by atoms with Crippen LogP contribution in [0.4, 0.5) is 0 Å². The molecule has 2 aromatic carbocycles. The van der Waals surface area contributed by atoms with Crippen LogP contribution in [0.3, 0.4) is 0 Å². The Morgan fingerprint density at radius 2 is 1.97 bits per heavy atom. The van der Waals surface area contributed by atoms with E-state index in [1.807, 2.05) is 38.1 Å². The molecular formula is C25H25ClN2O5. The molecule has 1 aliphatic heterocycles. The number of aliphatic hydroxyl groups excluding tert-OH is 1. The SMILES string of the molecule is COc1ccc(Cl)c(/C(O)=C2\C(=O)C(=O)N(CCOC(C)C)C2c2c[nH]c3ccccc23)c1. The second-order valence-corrected chi connectivity index (χ2v) is 8.45. The standard InChI is InChI=1S/C25H25ClN2O5/c1-14(2)33-11-10-28-22(18-13-27-20-7-5-4-6-16(18)20)21(24(30)25(28)31)23(29)17-12-15(32-3)8-9-19(17)26/h4-9,12-14,22,27,29H,10-11H2,1-3H3/b23-21+. The third-order valence-corrected chi connectivity index (χ3v) is 6.00. The topological polar surface area (TPSA) is 91.9 Å². The Kier molecular flexibility index (Phi) is 6.44. The van der Waals surface area contributed by atoms with Gasteiger partial charge >= 0.3 is 0 Å². The van der Waals surface area contributed by atoms with Gasteiger partial charge in [-0.15, -0.1) is 0 Å². The number of ether oxygens (including phenoxy) is 2. The number of aliphatic hydroxyl groups is 1. The van der Waals surface area contributed by atoms with E-state index in [2.05, 4.69) is 4.98 Å². The Morgan fingerprint density at radius 3 is 2.70 bits per heavy atom. The van der Waals surface area contributed by atoms with Crippen molar-refractivity contribution in [3.63, 3.8) is 0 Å². The van der Waals surface area contributed by atoms with E-state index in [1.165, 1.54) is 12.0 Å². The van der Waals surface area contributed by atoms with Crippen molar-refractivity contribution < 1.29 is 24.2 Å². The van der Waals surface area contributed by atoms with Gasteiger partial charge in [-0.3, -0.25) is 9.59 Å². The summed E-state index contributed by atoms with van der Waals surface area (Å²) in [7, 11) is 1.49. The third-order valence-electron chi connectivity index (χ3n) is 5.67. The number of halogens is 1. The van der Waals surface area contributed by atoms with Gasteiger partial charge in [-0.1, -0.05) is 29.8 Å². The van der Waals surface area contributed by atoms with Crippen LogP contribution >= 0.6 is 11.6 Å². The number of rotatable bonds is 7.